The summed E-state index contributed by atoms with van der Waals surface area (Å²) >= 11 is 7.48. The van der Waals surface area contributed by atoms with Crippen molar-refractivity contribution in [1.82, 2.24) is 15.5 Å². The van der Waals surface area contributed by atoms with Gasteiger partial charge in [-0.2, -0.15) is 5.10 Å². The van der Waals surface area contributed by atoms with E-state index in [9.17, 15) is 0 Å². The van der Waals surface area contributed by atoms with Gasteiger partial charge in [0.15, 0.2) is 0 Å². The molecule has 0 aliphatic carbocycles. The van der Waals surface area contributed by atoms with Crippen LogP contribution in [0, 0.1) is 5.92 Å². The maximum Gasteiger partial charge on any atom is 0.0935 e. The molecule has 2 aromatic rings. The van der Waals surface area contributed by atoms with Gasteiger partial charge in [-0.25, -0.2) is 0 Å². The van der Waals surface area contributed by atoms with Crippen molar-refractivity contribution in [2.24, 2.45) is 5.92 Å². The van der Waals surface area contributed by atoms with Crippen molar-refractivity contribution in [2.75, 3.05) is 6.54 Å². The number of rotatable bonds is 5. The lowest BCUT2D eigenvalue weighted by Gasteiger charge is -2.07. The fourth-order valence-electron chi connectivity index (χ4n) is 1.63. The van der Waals surface area contributed by atoms with Gasteiger partial charge in [-0.3, -0.25) is 5.10 Å². The highest BCUT2D eigenvalue weighted by Crippen LogP contribution is 2.29. The van der Waals surface area contributed by atoms with Gasteiger partial charge in [0, 0.05) is 23.1 Å². The van der Waals surface area contributed by atoms with Crippen LogP contribution in [0.25, 0.3) is 11.3 Å². The highest BCUT2D eigenvalue weighted by Gasteiger charge is 2.09. The van der Waals surface area contributed by atoms with Crippen LogP contribution in [0.15, 0.2) is 17.6 Å². The van der Waals surface area contributed by atoms with Crippen molar-refractivity contribution < 1.29 is 0 Å². The number of halogens is 1. The summed E-state index contributed by atoms with van der Waals surface area (Å²) in [4.78, 5) is 0. The van der Waals surface area contributed by atoms with E-state index >= 15 is 0 Å². The van der Waals surface area contributed by atoms with Crippen LogP contribution in [0.2, 0.25) is 4.34 Å². The fraction of sp³-hybridized carbons (Fsp3) is 0.417. The van der Waals surface area contributed by atoms with Crippen LogP contribution in [0.3, 0.4) is 0 Å². The monoisotopic (exact) mass is 269 g/mol. The third-order valence-corrected chi connectivity index (χ3v) is 3.53. The maximum atomic E-state index is 5.94. The topological polar surface area (TPSA) is 40.7 Å². The molecule has 0 fully saturated rings. The summed E-state index contributed by atoms with van der Waals surface area (Å²) in [5.41, 5.74) is 3.35. The molecule has 2 aromatic heterocycles. The number of hydrogen-bond acceptors (Lipinski definition) is 3. The summed E-state index contributed by atoms with van der Waals surface area (Å²) in [5, 5.41) is 12.6. The van der Waals surface area contributed by atoms with Gasteiger partial charge < -0.3 is 5.32 Å². The number of hydrogen-bond donors (Lipinski definition) is 2. The van der Waals surface area contributed by atoms with Crippen molar-refractivity contribution in [3.8, 4) is 11.3 Å². The third-order valence-electron chi connectivity index (χ3n) is 2.44. The molecule has 3 nitrogen and oxygen atoms in total. The smallest absolute Gasteiger partial charge is 0.0935 e. The Bertz CT molecular complexity index is 476. The Labute approximate surface area is 110 Å². The second kappa shape index (κ2) is 5.67. The predicted octanol–water partition coefficient (Wildman–Crippen LogP) is 3.54. The Morgan fingerprint density at radius 1 is 1.53 bits per heavy atom. The number of H-pyrrole nitrogens is 1. The minimum Gasteiger partial charge on any atom is -0.312 e. The first-order chi connectivity index (χ1) is 8.16. The lowest BCUT2D eigenvalue weighted by atomic mass is 10.1. The molecular formula is C12H16ClN3S. The van der Waals surface area contributed by atoms with Gasteiger partial charge >= 0.3 is 0 Å². The van der Waals surface area contributed by atoms with Crippen LogP contribution in [-0.2, 0) is 6.54 Å². The molecule has 5 heteroatoms. The Morgan fingerprint density at radius 3 is 3.00 bits per heavy atom. The molecule has 17 heavy (non-hydrogen) atoms. The van der Waals surface area contributed by atoms with E-state index in [1.54, 1.807) is 0 Å². The van der Waals surface area contributed by atoms with Gasteiger partial charge in [0.1, 0.15) is 0 Å². The van der Waals surface area contributed by atoms with E-state index in [1.165, 1.54) is 16.9 Å². The van der Waals surface area contributed by atoms with Crippen molar-refractivity contribution in [3.05, 3.63) is 27.5 Å². The van der Waals surface area contributed by atoms with Crippen molar-refractivity contribution in [1.29, 1.82) is 0 Å². The van der Waals surface area contributed by atoms with Crippen LogP contribution in [0.5, 0.6) is 0 Å². The van der Waals surface area contributed by atoms with Crippen molar-refractivity contribution in [3.63, 3.8) is 0 Å². The molecule has 0 bridgehead atoms. The lowest BCUT2D eigenvalue weighted by Crippen LogP contribution is -2.18. The zero-order chi connectivity index (χ0) is 12.3. The minimum absolute atomic E-state index is 0.654. The Balaban J connectivity index is 2.07. The maximum absolute atomic E-state index is 5.94. The molecule has 0 saturated carbocycles. The Kier molecular flexibility index (Phi) is 4.20. The predicted molar refractivity (Wildman–Crippen MR) is 73.5 cm³/mol. The average molecular weight is 270 g/mol. The number of aromatic amines is 1. The second-order valence-corrected chi connectivity index (χ2v) is 5.98. The van der Waals surface area contributed by atoms with E-state index < -0.39 is 0 Å². The summed E-state index contributed by atoms with van der Waals surface area (Å²) < 4.78 is 0.802. The molecule has 0 atom stereocenters. The molecule has 0 unspecified atom stereocenters. The van der Waals surface area contributed by atoms with Gasteiger partial charge in [-0.1, -0.05) is 25.4 Å². The van der Waals surface area contributed by atoms with E-state index in [0.717, 1.165) is 28.7 Å². The van der Waals surface area contributed by atoms with Crippen LogP contribution >= 0.6 is 22.9 Å². The molecule has 0 saturated heterocycles. The molecule has 2 heterocycles. The number of nitrogens with zero attached hydrogens (tertiary/aromatic N) is 1. The quantitative estimate of drug-likeness (QED) is 0.872. The van der Waals surface area contributed by atoms with Gasteiger partial charge in [-0.05, 0) is 18.5 Å². The van der Waals surface area contributed by atoms with Crippen LogP contribution < -0.4 is 5.32 Å². The summed E-state index contributed by atoms with van der Waals surface area (Å²) in [7, 11) is 0. The SMILES string of the molecule is CC(C)CNCc1cn[nH]c1-c1csc(Cl)c1. The first-order valence-electron chi connectivity index (χ1n) is 5.64. The summed E-state index contributed by atoms with van der Waals surface area (Å²) in [5.74, 6) is 0.654. The molecule has 2 N–H and O–H groups in total. The van der Waals surface area contributed by atoms with E-state index in [0.29, 0.717) is 5.92 Å². The third kappa shape index (κ3) is 3.31. The molecule has 0 aromatic carbocycles. The zero-order valence-corrected chi connectivity index (χ0v) is 11.5. The van der Waals surface area contributed by atoms with Gasteiger partial charge in [0.25, 0.3) is 0 Å². The van der Waals surface area contributed by atoms with Gasteiger partial charge in [-0.15, -0.1) is 11.3 Å². The molecule has 0 radical (unpaired) electrons. The largest absolute Gasteiger partial charge is 0.312 e. The molecule has 0 aliphatic rings. The second-order valence-electron chi connectivity index (χ2n) is 4.43. The molecule has 0 amide bonds. The van der Waals surface area contributed by atoms with E-state index in [2.05, 4.69) is 29.4 Å². The van der Waals surface area contributed by atoms with E-state index in [-0.39, 0.29) is 0 Å². The normalized spacial score (nSPS) is 11.3. The van der Waals surface area contributed by atoms with Crippen molar-refractivity contribution >= 4 is 22.9 Å². The minimum atomic E-state index is 0.654. The molecule has 92 valence electrons. The first-order valence-corrected chi connectivity index (χ1v) is 6.90. The van der Waals surface area contributed by atoms with Crippen LogP contribution in [-0.4, -0.2) is 16.7 Å². The molecule has 0 spiro atoms. The number of thiophene rings is 1. The number of nitrogens with one attached hydrogen (secondary N) is 2. The fourth-order valence-corrected chi connectivity index (χ4v) is 2.50. The van der Waals surface area contributed by atoms with Crippen molar-refractivity contribution in [2.45, 2.75) is 20.4 Å². The standard InChI is InChI=1S/C12H16ClN3S/c1-8(2)4-14-5-10-6-15-16-12(10)9-3-11(13)17-7-9/h3,6-8,14H,4-5H2,1-2H3,(H,15,16). The van der Waals surface area contributed by atoms with E-state index in [4.69, 9.17) is 11.6 Å². The van der Waals surface area contributed by atoms with E-state index in [1.807, 2.05) is 17.6 Å². The highest BCUT2D eigenvalue weighted by molar-refractivity contribution is 7.14. The zero-order valence-electron chi connectivity index (χ0n) is 9.96. The molecular weight excluding hydrogens is 254 g/mol. The molecule has 0 aliphatic heterocycles. The molecule has 2 rings (SSSR count). The summed E-state index contributed by atoms with van der Waals surface area (Å²) in [6.07, 6.45) is 1.87. The van der Waals surface area contributed by atoms with Gasteiger partial charge in [0.05, 0.1) is 16.2 Å². The number of aromatic nitrogens is 2. The Hall–Kier alpha value is -0.840. The Morgan fingerprint density at radius 2 is 2.35 bits per heavy atom. The summed E-state index contributed by atoms with van der Waals surface area (Å²) in [6.45, 7) is 6.23. The first kappa shape index (κ1) is 12.6. The van der Waals surface area contributed by atoms with Crippen LogP contribution in [0.1, 0.15) is 19.4 Å². The lowest BCUT2D eigenvalue weighted by molar-refractivity contribution is 0.553. The van der Waals surface area contributed by atoms with Crippen LogP contribution in [0.4, 0.5) is 0 Å². The average Bonchev–Trinajstić information content (AvgIpc) is 2.86. The highest BCUT2D eigenvalue weighted by atomic mass is 35.5. The van der Waals surface area contributed by atoms with Gasteiger partial charge in [0.2, 0.25) is 0 Å². The summed E-state index contributed by atoms with van der Waals surface area (Å²) in [6, 6.07) is 1.96.